The molecule has 0 saturated heterocycles. The lowest BCUT2D eigenvalue weighted by Gasteiger charge is -2.13. The lowest BCUT2D eigenvalue weighted by Crippen LogP contribution is -2.22. The van der Waals surface area contributed by atoms with Crippen LogP contribution in [-0.4, -0.2) is 28.7 Å². The molecule has 0 amide bonds. The van der Waals surface area contributed by atoms with Crippen molar-refractivity contribution in [1.29, 1.82) is 0 Å². The summed E-state index contributed by atoms with van der Waals surface area (Å²) in [6.45, 7) is 3.41. The highest BCUT2D eigenvalue weighted by Crippen LogP contribution is 2.38. The van der Waals surface area contributed by atoms with Crippen LogP contribution < -0.4 is 14.2 Å². The molecule has 3 aromatic carbocycles. The lowest BCUT2D eigenvalue weighted by atomic mass is 9.98. The van der Waals surface area contributed by atoms with Gasteiger partial charge in [0.2, 0.25) is 0 Å². The maximum absolute atomic E-state index is 12.4. The summed E-state index contributed by atoms with van der Waals surface area (Å²) < 4.78 is 57.8. The van der Waals surface area contributed by atoms with E-state index >= 15 is 0 Å². The molecule has 1 atom stereocenters. The van der Waals surface area contributed by atoms with Crippen LogP contribution >= 0.6 is 11.6 Å². The van der Waals surface area contributed by atoms with E-state index in [1.54, 1.807) is 18.2 Å². The first-order valence-corrected chi connectivity index (χ1v) is 11.6. The van der Waals surface area contributed by atoms with Gasteiger partial charge >= 0.3 is 12.3 Å². The van der Waals surface area contributed by atoms with Crippen LogP contribution in [0.3, 0.4) is 0 Å². The van der Waals surface area contributed by atoms with Crippen molar-refractivity contribution >= 4 is 28.5 Å². The third kappa shape index (κ3) is 6.26. The molecule has 0 saturated carbocycles. The minimum Gasteiger partial charge on any atom is -0.479 e. The van der Waals surface area contributed by atoms with Gasteiger partial charge in [-0.15, -0.1) is 13.2 Å². The predicted octanol–water partition coefficient (Wildman–Crippen LogP) is 7.64. The van der Waals surface area contributed by atoms with E-state index in [-0.39, 0.29) is 16.5 Å². The Morgan fingerprint density at radius 2 is 1.76 bits per heavy atom. The first-order valence-electron chi connectivity index (χ1n) is 11.2. The van der Waals surface area contributed by atoms with Crippen LogP contribution in [0.4, 0.5) is 13.2 Å². The largest absolute Gasteiger partial charge is 0.573 e. The number of carbonyl (C=O) groups is 1. The molecular weight excluding hydrogens is 515 g/mol. The summed E-state index contributed by atoms with van der Waals surface area (Å²) in [6, 6.07) is 13.5. The van der Waals surface area contributed by atoms with E-state index in [0.717, 1.165) is 17.5 Å². The summed E-state index contributed by atoms with van der Waals surface area (Å²) >= 11 is 6.24. The molecule has 0 aliphatic rings. The smallest absolute Gasteiger partial charge is 0.479 e. The first-order chi connectivity index (χ1) is 17.5. The minimum absolute atomic E-state index is 0.184. The Kier molecular flexibility index (Phi) is 7.49. The van der Waals surface area contributed by atoms with Gasteiger partial charge in [-0.2, -0.15) is 0 Å². The summed E-state index contributed by atoms with van der Waals surface area (Å²) in [7, 11) is 0. The number of carboxylic acid groups (broad SMARTS) is 1. The van der Waals surface area contributed by atoms with Gasteiger partial charge < -0.3 is 23.8 Å². The van der Waals surface area contributed by atoms with E-state index in [2.05, 4.69) is 9.89 Å². The number of carboxylic acids is 1. The van der Waals surface area contributed by atoms with Crippen molar-refractivity contribution < 1.29 is 41.8 Å². The monoisotopic (exact) mass is 535 g/mol. The molecule has 0 fully saturated rings. The molecule has 0 unspecified atom stereocenters. The summed E-state index contributed by atoms with van der Waals surface area (Å²) in [4.78, 5) is 11.2. The topological polar surface area (TPSA) is 91.0 Å². The van der Waals surface area contributed by atoms with E-state index < -0.39 is 18.4 Å². The number of aromatic nitrogens is 1. The van der Waals surface area contributed by atoms with E-state index in [1.807, 2.05) is 13.0 Å². The van der Waals surface area contributed by atoms with Crippen LogP contribution in [0, 0.1) is 0 Å². The number of ether oxygens (including phenoxy) is 3. The molecule has 0 aliphatic heterocycles. The van der Waals surface area contributed by atoms with Gasteiger partial charge in [0.05, 0.1) is 10.4 Å². The number of rotatable bonds is 9. The van der Waals surface area contributed by atoms with Crippen LogP contribution in [0.2, 0.25) is 5.02 Å². The van der Waals surface area contributed by atoms with Gasteiger partial charge in [-0.25, -0.2) is 4.79 Å². The number of alkyl halides is 3. The summed E-state index contributed by atoms with van der Waals surface area (Å²) in [6.07, 6.45) is -4.40. The van der Waals surface area contributed by atoms with Gasteiger partial charge in [0.25, 0.3) is 0 Å². The number of fused-ring (bicyclic) bond motifs is 1. The molecule has 37 heavy (non-hydrogen) atoms. The Bertz CT molecular complexity index is 1420. The van der Waals surface area contributed by atoms with Crippen LogP contribution in [0.15, 0.2) is 59.1 Å². The van der Waals surface area contributed by atoms with Crippen molar-refractivity contribution in [3.05, 3.63) is 65.2 Å². The maximum Gasteiger partial charge on any atom is 0.573 e. The molecule has 7 nitrogen and oxygen atoms in total. The third-order valence-electron chi connectivity index (χ3n) is 5.32. The van der Waals surface area contributed by atoms with Crippen LogP contribution in [0.25, 0.3) is 22.2 Å². The molecule has 0 bridgehead atoms. The van der Waals surface area contributed by atoms with Crippen LogP contribution in [0.5, 0.6) is 23.0 Å². The van der Waals surface area contributed by atoms with Crippen molar-refractivity contribution in [2.75, 3.05) is 0 Å². The van der Waals surface area contributed by atoms with Crippen LogP contribution in [-0.2, 0) is 11.2 Å². The third-order valence-corrected chi connectivity index (χ3v) is 5.62. The van der Waals surface area contributed by atoms with Crippen molar-refractivity contribution in [1.82, 2.24) is 5.16 Å². The fourth-order valence-corrected chi connectivity index (χ4v) is 3.85. The van der Waals surface area contributed by atoms with E-state index in [0.29, 0.717) is 34.6 Å². The van der Waals surface area contributed by atoms with Crippen molar-refractivity contribution in [2.24, 2.45) is 0 Å². The molecule has 4 aromatic rings. The highest BCUT2D eigenvalue weighted by Gasteiger charge is 2.31. The van der Waals surface area contributed by atoms with Crippen molar-refractivity contribution in [3.63, 3.8) is 0 Å². The number of aliphatic carboxylic acids is 1. The zero-order valence-corrected chi connectivity index (χ0v) is 20.4. The minimum atomic E-state index is -4.77. The summed E-state index contributed by atoms with van der Waals surface area (Å²) in [5, 5.41) is 14.1. The average molecular weight is 536 g/mol. The fraction of sp³-hybridized carbons (Fsp3) is 0.231. The van der Waals surface area contributed by atoms with E-state index in [4.69, 9.17) is 30.7 Å². The zero-order chi connectivity index (χ0) is 26.7. The standard InChI is InChI=1S/C26H21ClF3NO6/c1-3-4-15-11-18(35-16-5-7-17(8-6-16)36-26(28,29)30)9-10-19(15)24-20-12-23(34-14(2)25(32)33)21(27)13-22(20)37-31-24/h5-14H,3-4H2,1-2H3,(H,32,33)/t14-/m0/s1. The average Bonchev–Trinajstić information content (AvgIpc) is 3.22. The zero-order valence-electron chi connectivity index (χ0n) is 19.6. The number of nitrogens with zero attached hydrogens (tertiary/aromatic N) is 1. The van der Waals surface area contributed by atoms with E-state index in [1.165, 1.54) is 37.3 Å². The number of hydrogen-bond donors (Lipinski definition) is 1. The van der Waals surface area contributed by atoms with Gasteiger partial charge in [-0.3, -0.25) is 0 Å². The molecule has 0 aliphatic carbocycles. The Hall–Kier alpha value is -3.92. The highest BCUT2D eigenvalue weighted by atomic mass is 35.5. The normalized spacial score (nSPS) is 12.4. The van der Waals surface area contributed by atoms with Gasteiger partial charge in [-0.1, -0.05) is 30.1 Å². The Morgan fingerprint density at radius 3 is 2.41 bits per heavy atom. The quantitative estimate of drug-likeness (QED) is 0.235. The van der Waals surface area contributed by atoms with Gasteiger partial charge in [0.15, 0.2) is 11.7 Å². The van der Waals surface area contributed by atoms with Gasteiger partial charge in [-0.05, 0) is 67.4 Å². The van der Waals surface area contributed by atoms with E-state index in [9.17, 15) is 18.0 Å². The van der Waals surface area contributed by atoms with Crippen molar-refractivity contribution in [2.45, 2.75) is 39.2 Å². The highest BCUT2D eigenvalue weighted by molar-refractivity contribution is 6.32. The second kappa shape index (κ2) is 10.6. The maximum atomic E-state index is 12.4. The predicted molar refractivity (Wildman–Crippen MR) is 129 cm³/mol. The molecule has 1 N–H and O–H groups in total. The number of aryl methyl sites for hydroxylation is 1. The molecule has 11 heteroatoms. The molecule has 1 heterocycles. The second-order valence-electron chi connectivity index (χ2n) is 8.10. The second-order valence-corrected chi connectivity index (χ2v) is 8.51. The molecule has 0 radical (unpaired) electrons. The Balaban J connectivity index is 1.64. The summed E-state index contributed by atoms with van der Waals surface area (Å²) in [5.41, 5.74) is 2.58. The first kappa shape index (κ1) is 26.2. The van der Waals surface area contributed by atoms with Crippen LogP contribution in [0.1, 0.15) is 25.8 Å². The molecule has 194 valence electrons. The van der Waals surface area contributed by atoms with Gasteiger partial charge in [0.1, 0.15) is 28.7 Å². The number of hydrogen-bond acceptors (Lipinski definition) is 6. The number of halogens is 4. The molecule has 4 rings (SSSR count). The Labute approximate surface area is 214 Å². The molecule has 0 spiro atoms. The molecular formula is C26H21ClF3NO6. The SMILES string of the molecule is CCCc1cc(Oc2ccc(OC(F)(F)F)cc2)ccc1-c1noc2cc(Cl)c(O[C@@H](C)C(=O)O)cc12. The fourth-order valence-electron chi connectivity index (χ4n) is 3.65. The van der Waals surface area contributed by atoms with Crippen molar-refractivity contribution in [3.8, 4) is 34.3 Å². The lowest BCUT2D eigenvalue weighted by molar-refractivity contribution is -0.274. The van der Waals surface area contributed by atoms with Gasteiger partial charge in [0, 0.05) is 11.6 Å². The molecule has 1 aromatic heterocycles. The number of benzene rings is 3. The summed E-state index contributed by atoms with van der Waals surface area (Å²) in [5.74, 6) is -0.484. The Morgan fingerprint density at radius 1 is 1.08 bits per heavy atom.